The lowest BCUT2D eigenvalue weighted by Crippen LogP contribution is -2.13. The van der Waals surface area contributed by atoms with Crippen molar-refractivity contribution in [2.75, 3.05) is 10.0 Å². The molecule has 0 unspecified atom stereocenters. The van der Waals surface area contributed by atoms with Gasteiger partial charge in [0.2, 0.25) is 5.13 Å². The lowest BCUT2D eigenvalue weighted by atomic mass is 10.2. The van der Waals surface area contributed by atoms with Gasteiger partial charge in [-0.25, -0.2) is 8.42 Å². The first-order chi connectivity index (χ1) is 12.5. The Bertz CT molecular complexity index is 1030. The molecule has 1 heterocycles. The molecule has 1 aromatic heterocycles. The third kappa shape index (κ3) is 4.28. The summed E-state index contributed by atoms with van der Waals surface area (Å²) in [5.41, 5.74) is 2.45. The van der Waals surface area contributed by atoms with Gasteiger partial charge in [0.1, 0.15) is 5.51 Å². The van der Waals surface area contributed by atoms with E-state index in [4.69, 9.17) is 16.3 Å². The Morgan fingerprint density at radius 1 is 1.19 bits per heavy atom. The van der Waals surface area contributed by atoms with E-state index in [1.807, 2.05) is 0 Å². The molecular formula is C15H11ClN4O4S2. The second-order valence-electron chi connectivity index (χ2n) is 4.86. The van der Waals surface area contributed by atoms with Crippen LogP contribution < -0.4 is 14.8 Å². The largest absolute Gasteiger partial charge is 0.426 e. The summed E-state index contributed by atoms with van der Waals surface area (Å²) in [4.78, 5) is 10.7. The standard InChI is InChI=1S/C15H11ClN4O4S2/c16-10-2-1-3-11(6-10)18-13-5-4-12(7-14(13)24-9-21)26(22,23)20-15-19-17-8-25-15/h1-9,18H,(H,19,20). The maximum absolute atomic E-state index is 12.4. The SMILES string of the molecule is O=COc1cc(S(=O)(=O)Nc2nncs2)ccc1Nc1cccc(Cl)c1. The number of hydrogen-bond acceptors (Lipinski definition) is 8. The van der Waals surface area contributed by atoms with Crippen molar-refractivity contribution >= 4 is 55.9 Å². The highest BCUT2D eigenvalue weighted by Crippen LogP contribution is 2.31. The summed E-state index contributed by atoms with van der Waals surface area (Å²) in [6.45, 7) is 0.215. The molecule has 26 heavy (non-hydrogen) atoms. The van der Waals surface area contributed by atoms with Crippen LogP contribution in [0.2, 0.25) is 5.02 Å². The topological polar surface area (TPSA) is 110 Å². The molecule has 0 aliphatic heterocycles. The molecule has 0 fully saturated rings. The molecule has 134 valence electrons. The Labute approximate surface area is 157 Å². The average molecular weight is 411 g/mol. The van der Waals surface area contributed by atoms with E-state index in [0.717, 1.165) is 11.3 Å². The minimum absolute atomic E-state index is 0.0418. The van der Waals surface area contributed by atoms with E-state index in [0.29, 0.717) is 16.4 Å². The molecule has 0 saturated heterocycles. The van der Waals surface area contributed by atoms with Gasteiger partial charge in [-0.2, -0.15) is 0 Å². The van der Waals surface area contributed by atoms with Crippen LogP contribution >= 0.6 is 22.9 Å². The van der Waals surface area contributed by atoms with Gasteiger partial charge in [-0.05, 0) is 30.3 Å². The van der Waals surface area contributed by atoms with E-state index < -0.39 is 10.0 Å². The van der Waals surface area contributed by atoms with Gasteiger partial charge in [0.15, 0.2) is 5.75 Å². The number of sulfonamides is 1. The van der Waals surface area contributed by atoms with Crippen molar-refractivity contribution in [3.8, 4) is 5.75 Å². The van der Waals surface area contributed by atoms with Crippen LogP contribution in [0.3, 0.4) is 0 Å². The molecule has 0 aliphatic rings. The van der Waals surface area contributed by atoms with Crippen molar-refractivity contribution < 1.29 is 17.9 Å². The Morgan fingerprint density at radius 3 is 2.73 bits per heavy atom. The third-order valence-electron chi connectivity index (χ3n) is 3.12. The highest BCUT2D eigenvalue weighted by molar-refractivity contribution is 7.93. The van der Waals surface area contributed by atoms with Crippen LogP contribution in [0.4, 0.5) is 16.5 Å². The number of aromatic nitrogens is 2. The van der Waals surface area contributed by atoms with Gasteiger partial charge in [0.25, 0.3) is 16.5 Å². The van der Waals surface area contributed by atoms with E-state index >= 15 is 0 Å². The maximum atomic E-state index is 12.4. The second kappa shape index (κ2) is 7.68. The Balaban J connectivity index is 1.92. The molecule has 0 saturated carbocycles. The molecule has 3 aromatic rings. The third-order valence-corrected chi connectivity index (χ3v) is 5.43. The van der Waals surface area contributed by atoms with E-state index in [-0.39, 0.29) is 22.2 Å². The molecule has 0 aliphatic carbocycles. The van der Waals surface area contributed by atoms with Crippen molar-refractivity contribution in [3.05, 3.63) is 53.0 Å². The number of carbonyl (C=O) groups excluding carboxylic acids is 1. The molecule has 8 nitrogen and oxygen atoms in total. The number of anilines is 3. The minimum Gasteiger partial charge on any atom is -0.426 e. The fraction of sp³-hybridized carbons (Fsp3) is 0. The Hall–Kier alpha value is -2.69. The van der Waals surface area contributed by atoms with Gasteiger partial charge in [0, 0.05) is 16.8 Å². The predicted octanol–water partition coefficient (Wildman–Crippen LogP) is 3.27. The fourth-order valence-corrected chi connectivity index (χ4v) is 3.93. The maximum Gasteiger partial charge on any atom is 0.298 e. The summed E-state index contributed by atoms with van der Waals surface area (Å²) >= 11 is 6.98. The van der Waals surface area contributed by atoms with Gasteiger partial charge < -0.3 is 10.1 Å². The Morgan fingerprint density at radius 2 is 2.04 bits per heavy atom. The number of halogens is 1. The van der Waals surface area contributed by atoms with Gasteiger partial charge in [-0.3, -0.25) is 9.52 Å². The van der Waals surface area contributed by atoms with Crippen LogP contribution in [-0.4, -0.2) is 25.1 Å². The Kier molecular flexibility index (Phi) is 5.35. The first-order valence-corrected chi connectivity index (χ1v) is 9.78. The predicted molar refractivity (Wildman–Crippen MR) is 98.6 cm³/mol. The van der Waals surface area contributed by atoms with Gasteiger partial charge in [-0.1, -0.05) is 29.0 Å². The van der Waals surface area contributed by atoms with Crippen molar-refractivity contribution in [2.24, 2.45) is 0 Å². The summed E-state index contributed by atoms with van der Waals surface area (Å²) in [5.74, 6) is 0.0418. The zero-order valence-corrected chi connectivity index (χ0v) is 15.3. The van der Waals surface area contributed by atoms with Gasteiger partial charge in [0.05, 0.1) is 10.6 Å². The molecule has 0 atom stereocenters. The van der Waals surface area contributed by atoms with Crippen LogP contribution in [0.5, 0.6) is 5.75 Å². The first-order valence-electron chi connectivity index (χ1n) is 7.04. The normalized spacial score (nSPS) is 11.0. The lowest BCUT2D eigenvalue weighted by Gasteiger charge is -2.13. The summed E-state index contributed by atoms with van der Waals surface area (Å²) in [6.07, 6.45) is 0. The zero-order valence-electron chi connectivity index (χ0n) is 12.9. The second-order valence-corrected chi connectivity index (χ2v) is 7.81. The minimum atomic E-state index is -3.91. The molecule has 0 amide bonds. The summed E-state index contributed by atoms with van der Waals surface area (Å²) in [5, 5.41) is 10.9. The highest BCUT2D eigenvalue weighted by Gasteiger charge is 2.18. The van der Waals surface area contributed by atoms with Crippen molar-refractivity contribution in [1.82, 2.24) is 10.2 Å². The van der Waals surface area contributed by atoms with E-state index in [9.17, 15) is 13.2 Å². The van der Waals surface area contributed by atoms with Crippen molar-refractivity contribution in [3.63, 3.8) is 0 Å². The zero-order chi connectivity index (χ0) is 18.6. The highest BCUT2D eigenvalue weighted by atomic mass is 35.5. The molecule has 0 bridgehead atoms. The number of nitrogens with zero attached hydrogens (tertiary/aromatic N) is 2. The number of hydrogen-bond donors (Lipinski definition) is 2. The molecule has 2 aromatic carbocycles. The number of ether oxygens (including phenoxy) is 1. The summed E-state index contributed by atoms with van der Waals surface area (Å²) in [7, 11) is -3.91. The van der Waals surface area contributed by atoms with Gasteiger partial charge in [-0.15, -0.1) is 10.2 Å². The molecule has 3 rings (SSSR count). The molecule has 11 heteroatoms. The monoisotopic (exact) mass is 410 g/mol. The number of carbonyl (C=O) groups is 1. The summed E-state index contributed by atoms with van der Waals surface area (Å²) < 4.78 is 32.0. The van der Waals surface area contributed by atoms with Crippen LogP contribution in [-0.2, 0) is 14.8 Å². The molecular weight excluding hydrogens is 400 g/mol. The molecule has 0 radical (unpaired) electrons. The quantitative estimate of drug-likeness (QED) is 0.575. The van der Waals surface area contributed by atoms with Gasteiger partial charge >= 0.3 is 0 Å². The van der Waals surface area contributed by atoms with Crippen LogP contribution in [0.25, 0.3) is 0 Å². The summed E-state index contributed by atoms with van der Waals surface area (Å²) in [6, 6.07) is 11.0. The fourth-order valence-electron chi connectivity index (χ4n) is 2.04. The number of benzene rings is 2. The van der Waals surface area contributed by atoms with E-state index in [1.54, 1.807) is 24.3 Å². The molecule has 0 spiro atoms. The number of rotatable bonds is 7. The van der Waals surface area contributed by atoms with Crippen LogP contribution in [0, 0.1) is 0 Å². The number of nitrogens with one attached hydrogen (secondary N) is 2. The lowest BCUT2D eigenvalue weighted by molar-refractivity contribution is -0.120. The average Bonchev–Trinajstić information content (AvgIpc) is 3.09. The first kappa shape index (κ1) is 18.1. The van der Waals surface area contributed by atoms with Crippen LogP contribution in [0.15, 0.2) is 52.9 Å². The molecule has 2 N–H and O–H groups in total. The smallest absolute Gasteiger partial charge is 0.298 e. The van der Waals surface area contributed by atoms with Crippen molar-refractivity contribution in [2.45, 2.75) is 4.90 Å². The van der Waals surface area contributed by atoms with E-state index in [2.05, 4.69) is 20.2 Å². The van der Waals surface area contributed by atoms with E-state index in [1.165, 1.54) is 23.7 Å². The van der Waals surface area contributed by atoms with Crippen LogP contribution in [0.1, 0.15) is 0 Å². The van der Waals surface area contributed by atoms with Crippen molar-refractivity contribution in [1.29, 1.82) is 0 Å².